The molecular weight excluding hydrogens is 670 g/mol. The maximum atomic E-state index is 13.6. The number of non-ortho nitro benzene ring substituents is 1. The van der Waals surface area contributed by atoms with E-state index in [-0.39, 0.29) is 18.2 Å². The van der Waals surface area contributed by atoms with E-state index in [0.717, 1.165) is 22.3 Å². The zero-order valence-corrected chi connectivity index (χ0v) is 25.6. The number of amides is 1. The zero-order chi connectivity index (χ0) is 28.8. The number of halogens is 2. The van der Waals surface area contributed by atoms with Crippen LogP contribution in [0.5, 0.6) is 5.75 Å². The van der Waals surface area contributed by atoms with Crippen LogP contribution in [0.25, 0.3) is 6.08 Å². The Morgan fingerprint density at radius 1 is 0.878 bits per heavy atom. The number of carbonyl (C=O) groups excluding carboxylic acids is 1. The standard InChI is InChI=1S/C31H23Br2N3O4S/c32-26-15-24(16-27(33)29(26)40-20-23-11-13-25(14-12-23)36(38)39)17-28-30(37)35(19-22-9-5-2-6-10-22)31(41-28)34-18-21-7-3-1-4-8-21/h1-17H,18-20H2/b28-17+,34-31?. The number of ether oxygens (including phenoxy) is 1. The van der Waals surface area contributed by atoms with Gasteiger partial charge in [0, 0.05) is 12.1 Å². The maximum Gasteiger partial charge on any atom is 0.269 e. The number of nitro groups is 1. The van der Waals surface area contributed by atoms with Gasteiger partial charge in [0.2, 0.25) is 0 Å². The topological polar surface area (TPSA) is 85.0 Å². The lowest BCUT2D eigenvalue weighted by molar-refractivity contribution is -0.384. The molecule has 0 radical (unpaired) electrons. The molecule has 5 rings (SSSR count). The molecule has 0 aliphatic carbocycles. The Bertz CT molecular complexity index is 1610. The van der Waals surface area contributed by atoms with Crippen LogP contribution in [-0.2, 0) is 24.5 Å². The highest BCUT2D eigenvalue weighted by atomic mass is 79.9. The van der Waals surface area contributed by atoms with Crippen molar-refractivity contribution < 1.29 is 14.5 Å². The second kappa shape index (κ2) is 13.3. The normalized spacial score (nSPS) is 15.1. The zero-order valence-electron chi connectivity index (χ0n) is 21.6. The van der Waals surface area contributed by atoms with E-state index in [2.05, 4.69) is 31.9 Å². The van der Waals surface area contributed by atoms with Gasteiger partial charge in [0.1, 0.15) is 12.4 Å². The Hall–Kier alpha value is -3.73. The summed E-state index contributed by atoms with van der Waals surface area (Å²) in [6.07, 6.45) is 1.85. The summed E-state index contributed by atoms with van der Waals surface area (Å²) >= 11 is 8.54. The summed E-state index contributed by atoms with van der Waals surface area (Å²) in [5, 5.41) is 11.6. The quantitative estimate of drug-likeness (QED) is 0.1000. The van der Waals surface area contributed by atoms with Crippen LogP contribution >= 0.6 is 43.6 Å². The van der Waals surface area contributed by atoms with Gasteiger partial charge in [-0.3, -0.25) is 24.8 Å². The summed E-state index contributed by atoms with van der Waals surface area (Å²) in [6.45, 7) is 1.15. The molecule has 4 aromatic rings. The number of benzene rings is 4. The third-order valence-electron chi connectivity index (χ3n) is 6.16. The summed E-state index contributed by atoms with van der Waals surface area (Å²) in [5.74, 6) is 0.489. The van der Waals surface area contributed by atoms with E-state index in [0.29, 0.717) is 37.9 Å². The van der Waals surface area contributed by atoms with Crippen LogP contribution in [0.1, 0.15) is 22.3 Å². The van der Waals surface area contributed by atoms with Crippen molar-refractivity contribution in [2.75, 3.05) is 0 Å². The van der Waals surface area contributed by atoms with Crippen LogP contribution in [0, 0.1) is 10.1 Å². The van der Waals surface area contributed by atoms with Crippen LogP contribution in [0.4, 0.5) is 5.69 Å². The fraction of sp³-hybridized carbons (Fsp3) is 0.0968. The van der Waals surface area contributed by atoms with Crippen molar-refractivity contribution in [3.05, 3.63) is 143 Å². The third-order valence-corrected chi connectivity index (χ3v) is 8.38. The highest BCUT2D eigenvalue weighted by Crippen LogP contribution is 2.38. The lowest BCUT2D eigenvalue weighted by Gasteiger charge is -2.15. The molecule has 1 amide bonds. The smallest absolute Gasteiger partial charge is 0.269 e. The number of hydrogen-bond donors (Lipinski definition) is 0. The van der Waals surface area contributed by atoms with Gasteiger partial charge in [-0.2, -0.15) is 0 Å². The van der Waals surface area contributed by atoms with E-state index in [1.54, 1.807) is 17.0 Å². The summed E-state index contributed by atoms with van der Waals surface area (Å²) in [4.78, 5) is 31.1. The van der Waals surface area contributed by atoms with Gasteiger partial charge in [-0.05, 0) is 96.2 Å². The second-order valence-corrected chi connectivity index (χ2v) is 11.8. The van der Waals surface area contributed by atoms with Gasteiger partial charge in [0.15, 0.2) is 5.17 Å². The highest BCUT2D eigenvalue weighted by molar-refractivity contribution is 9.11. The van der Waals surface area contributed by atoms with Gasteiger partial charge in [-0.1, -0.05) is 60.7 Å². The fourth-order valence-electron chi connectivity index (χ4n) is 4.10. The number of rotatable bonds is 9. The SMILES string of the molecule is O=C1/C(=C\c2cc(Br)c(OCc3ccc([N+](=O)[O-])cc3)c(Br)c2)SC(=NCc2ccccc2)N1Cc1ccccc1. The second-order valence-electron chi connectivity index (χ2n) is 9.10. The predicted molar refractivity (Wildman–Crippen MR) is 169 cm³/mol. The first-order chi connectivity index (χ1) is 19.9. The van der Waals surface area contributed by atoms with Crippen molar-refractivity contribution in [1.29, 1.82) is 0 Å². The minimum absolute atomic E-state index is 0.0310. The van der Waals surface area contributed by atoms with Crippen LogP contribution in [0.15, 0.2) is 116 Å². The van der Waals surface area contributed by atoms with Crippen molar-refractivity contribution >= 4 is 66.5 Å². The molecule has 4 aromatic carbocycles. The van der Waals surface area contributed by atoms with E-state index in [9.17, 15) is 14.9 Å². The van der Waals surface area contributed by atoms with Crippen LogP contribution < -0.4 is 4.74 Å². The first kappa shape index (κ1) is 28.8. The molecule has 206 valence electrons. The summed E-state index contributed by atoms with van der Waals surface area (Å²) in [7, 11) is 0. The molecule has 41 heavy (non-hydrogen) atoms. The Balaban J connectivity index is 1.36. The summed E-state index contributed by atoms with van der Waals surface area (Å²) < 4.78 is 7.40. The average Bonchev–Trinajstić information content (AvgIpc) is 3.26. The summed E-state index contributed by atoms with van der Waals surface area (Å²) in [6, 6.07) is 29.8. The maximum absolute atomic E-state index is 13.6. The van der Waals surface area contributed by atoms with E-state index in [1.807, 2.05) is 78.9 Å². The molecule has 10 heteroatoms. The Kier molecular flexibility index (Phi) is 9.33. The Labute approximate surface area is 258 Å². The Morgan fingerprint density at radius 2 is 1.49 bits per heavy atom. The van der Waals surface area contributed by atoms with Crippen molar-refractivity contribution in [1.82, 2.24) is 4.90 Å². The van der Waals surface area contributed by atoms with E-state index in [4.69, 9.17) is 9.73 Å². The molecule has 0 spiro atoms. The number of thioether (sulfide) groups is 1. The van der Waals surface area contributed by atoms with E-state index >= 15 is 0 Å². The largest absolute Gasteiger partial charge is 0.487 e. The van der Waals surface area contributed by atoms with Crippen molar-refractivity contribution in [3.8, 4) is 5.75 Å². The average molecular weight is 693 g/mol. The molecule has 0 saturated carbocycles. The molecule has 0 unspecified atom stereocenters. The lowest BCUT2D eigenvalue weighted by Crippen LogP contribution is -2.28. The third kappa shape index (κ3) is 7.32. The van der Waals surface area contributed by atoms with E-state index < -0.39 is 4.92 Å². The van der Waals surface area contributed by atoms with Crippen LogP contribution in [0.2, 0.25) is 0 Å². The minimum atomic E-state index is -0.433. The number of hydrogen-bond acceptors (Lipinski definition) is 6. The van der Waals surface area contributed by atoms with Gasteiger partial charge in [0.25, 0.3) is 11.6 Å². The molecule has 0 aromatic heterocycles. The molecule has 1 saturated heterocycles. The molecule has 7 nitrogen and oxygen atoms in total. The first-order valence-corrected chi connectivity index (χ1v) is 15.0. The molecule has 1 heterocycles. The van der Waals surface area contributed by atoms with Gasteiger partial charge >= 0.3 is 0 Å². The monoisotopic (exact) mass is 691 g/mol. The molecular formula is C31H23Br2N3O4S. The molecule has 0 N–H and O–H groups in total. The van der Waals surface area contributed by atoms with Gasteiger partial charge in [0.05, 0.1) is 31.9 Å². The number of carbonyl (C=O) groups is 1. The lowest BCUT2D eigenvalue weighted by atomic mass is 10.2. The summed E-state index contributed by atoms with van der Waals surface area (Å²) in [5.41, 5.74) is 3.74. The first-order valence-electron chi connectivity index (χ1n) is 12.6. The highest BCUT2D eigenvalue weighted by Gasteiger charge is 2.33. The fourth-order valence-corrected chi connectivity index (χ4v) is 6.52. The number of nitro benzene ring substituents is 1. The molecule has 0 bridgehead atoms. The number of amidine groups is 1. The van der Waals surface area contributed by atoms with E-state index in [1.165, 1.54) is 23.9 Å². The van der Waals surface area contributed by atoms with Gasteiger partial charge < -0.3 is 4.74 Å². The molecule has 1 aliphatic rings. The van der Waals surface area contributed by atoms with Crippen LogP contribution in [-0.4, -0.2) is 20.9 Å². The molecule has 0 atom stereocenters. The minimum Gasteiger partial charge on any atom is -0.487 e. The van der Waals surface area contributed by atoms with Gasteiger partial charge in [-0.15, -0.1) is 0 Å². The molecule has 1 fully saturated rings. The number of nitrogens with zero attached hydrogens (tertiary/aromatic N) is 3. The van der Waals surface area contributed by atoms with Crippen molar-refractivity contribution in [3.63, 3.8) is 0 Å². The molecule has 1 aliphatic heterocycles. The van der Waals surface area contributed by atoms with Gasteiger partial charge in [-0.25, -0.2) is 0 Å². The Morgan fingerprint density at radius 3 is 2.10 bits per heavy atom. The number of aliphatic imine (C=N–C) groups is 1. The van der Waals surface area contributed by atoms with Crippen molar-refractivity contribution in [2.24, 2.45) is 4.99 Å². The van der Waals surface area contributed by atoms with Crippen LogP contribution in [0.3, 0.4) is 0 Å². The predicted octanol–water partition coefficient (Wildman–Crippen LogP) is 8.37. The van der Waals surface area contributed by atoms with Crippen molar-refractivity contribution in [2.45, 2.75) is 19.7 Å².